The number of aromatic hydroxyl groups is 1. The van der Waals surface area contributed by atoms with Gasteiger partial charge in [0.15, 0.2) is 12.4 Å². The largest absolute Gasteiger partial charge is 0.494 e. The molecule has 1 aliphatic rings. The maximum atomic E-state index is 13.8. The van der Waals surface area contributed by atoms with Crippen LogP contribution in [0.4, 0.5) is 22.0 Å². The van der Waals surface area contributed by atoms with E-state index in [0.717, 1.165) is 23.8 Å². The molecule has 0 radical (unpaired) electrons. The molecule has 0 bridgehead atoms. The molecule has 1 fully saturated rings. The molecule has 2 aromatic rings. The predicted molar refractivity (Wildman–Crippen MR) is 100.0 cm³/mol. The summed E-state index contributed by atoms with van der Waals surface area (Å²) >= 11 is 0. The Morgan fingerprint density at radius 2 is 1.59 bits per heavy atom. The van der Waals surface area contributed by atoms with Crippen LogP contribution in [0.3, 0.4) is 0 Å². The number of rotatable bonds is 5. The minimum absolute atomic E-state index is 0.187. The third-order valence-electron chi connectivity index (χ3n) is 5.48. The fraction of sp³-hybridized carbons (Fsp3) is 0.381. The minimum atomic E-state index is -2.38. The van der Waals surface area contributed by atoms with Crippen molar-refractivity contribution in [2.24, 2.45) is 0 Å². The molecule has 3 rings (SSSR count). The number of carbonyl (C=O) groups excluding carboxylic acids is 1. The first-order valence-corrected chi connectivity index (χ1v) is 9.67. The van der Waals surface area contributed by atoms with Crippen LogP contribution in [0.5, 0.6) is 11.6 Å². The van der Waals surface area contributed by atoms with Crippen molar-refractivity contribution in [1.82, 2.24) is 4.57 Å². The van der Waals surface area contributed by atoms with Gasteiger partial charge in [0, 0.05) is 6.04 Å². The van der Waals surface area contributed by atoms with Crippen molar-refractivity contribution in [2.45, 2.75) is 45.1 Å². The highest BCUT2D eigenvalue weighted by Gasteiger charge is 2.31. The molecule has 0 aliphatic heterocycles. The third kappa shape index (κ3) is 3.81. The Hall–Kier alpha value is -3.42. The Morgan fingerprint density at radius 3 is 2.12 bits per heavy atom. The second-order valence-electron chi connectivity index (χ2n) is 7.39. The van der Waals surface area contributed by atoms with E-state index in [-0.39, 0.29) is 5.56 Å². The number of nitrogens with zero attached hydrogens (tertiary/aromatic N) is 2. The summed E-state index contributed by atoms with van der Waals surface area (Å²) in [6.45, 7) is -0.00297. The zero-order chi connectivity index (χ0) is 23.7. The van der Waals surface area contributed by atoms with E-state index in [1.54, 1.807) is 6.07 Å². The molecular formula is C21H17F5N2O4. The smallest absolute Gasteiger partial charge is 0.271 e. The molecule has 1 aliphatic carbocycles. The number of aromatic nitrogens is 1. The van der Waals surface area contributed by atoms with Crippen LogP contribution in [0.1, 0.15) is 59.6 Å². The topological polar surface area (TPSA) is 92.3 Å². The van der Waals surface area contributed by atoms with Crippen molar-refractivity contribution >= 4 is 5.78 Å². The van der Waals surface area contributed by atoms with Gasteiger partial charge in [-0.2, -0.15) is 14.0 Å². The van der Waals surface area contributed by atoms with Gasteiger partial charge in [-0.3, -0.25) is 14.2 Å². The molecule has 0 amide bonds. The molecule has 0 atom stereocenters. The van der Waals surface area contributed by atoms with Gasteiger partial charge in [0.2, 0.25) is 40.7 Å². The summed E-state index contributed by atoms with van der Waals surface area (Å²) < 4.78 is 73.0. The molecule has 0 unspecified atom stereocenters. The van der Waals surface area contributed by atoms with Crippen molar-refractivity contribution in [3.05, 3.63) is 56.1 Å². The Kier molecular flexibility index (Phi) is 6.52. The van der Waals surface area contributed by atoms with Gasteiger partial charge < -0.3 is 9.84 Å². The lowest BCUT2D eigenvalue weighted by Crippen LogP contribution is -2.31. The molecule has 0 saturated heterocycles. The number of nitriles is 1. The standard InChI is InChI=1S/C21H17F5N2O4/c1-9-11(7-27)20(30)28(10-5-3-2-4-6-10)21(31)13(9)12(29)8-32-19-17(25)15(23)14(22)16(24)18(19)26/h10,31H,2-6,8H2,1H3. The monoisotopic (exact) mass is 456 g/mol. The van der Waals surface area contributed by atoms with Crippen LogP contribution in [0.2, 0.25) is 0 Å². The number of hydrogen-bond acceptors (Lipinski definition) is 5. The lowest BCUT2D eigenvalue weighted by molar-refractivity contribution is 0.0907. The SMILES string of the molecule is Cc1c(C(=O)COc2c(F)c(F)c(F)c(F)c2F)c(O)n(C2CCCCC2)c(=O)c1C#N. The summed E-state index contributed by atoms with van der Waals surface area (Å²) in [7, 11) is 0. The van der Waals surface area contributed by atoms with Crippen molar-refractivity contribution in [1.29, 1.82) is 5.26 Å². The molecule has 170 valence electrons. The average molecular weight is 456 g/mol. The van der Waals surface area contributed by atoms with E-state index < -0.39 is 75.8 Å². The van der Waals surface area contributed by atoms with Crippen LogP contribution < -0.4 is 10.3 Å². The summed E-state index contributed by atoms with van der Waals surface area (Å²) in [5, 5.41) is 20.1. The van der Waals surface area contributed by atoms with E-state index >= 15 is 0 Å². The van der Waals surface area contributed by atoms with Gasteiger partial charge in [-0.05, 0) is 25.3 Å². The number of halogens is 5. The highest BCUT2D eigenvalue weighted by molar-refractivity contribution is 6.01. The Balaban J connectivity index is 2.03. The van der Waals surface area contributed by atoms with Gasteiger partial charge in [-0.25, -0.2) is 13.2 Å². The van der Waals surface area contributed by atoms with Gasteiger partial charge in [0.25, 0.3) is 5.56 Å². The zero-order valence-corrected chi connectivity index (χ0v) is 16.8. The van der Waals surface area contributed by atoms with Crippen molar-refractivity contribution in [3.63, 3.8) is 0 Å². The molecule has 1 saturated carbocycles. The van der Waals surface area contributed by atoms with E-state index in [9.17, 15) is 41.9 Å². The maximum absolute atomic E-state index is 13.8. The number of Topliss-reactive ketones (excluding diaryl/α,β-unsaturated/α-hetero) is 1. The quantitative estimate of drug-likeness (QED) is 0.315. The van der Waals surface area contributed by atoms with Crippen LogP contribution in [-0.2, 0) is 0 Å². The summed E-state index contributed by atoms with van der Waals surface area (Å²) in [6.07, 6.45) is 3.49. The lowest BCUT2D eigenvalue weighted by Gasteiger charge is -2.26. The average Bonchev–Trinajstić information content (AvgIpc) is 2.77. The highest BCUT2D eigenvalue weighted by atomic mass is 19.2. The third-order valence-corrected chi connectivity index (χ3v) is 5.48. The highest BCUT2D eigenvalue weighted by Crippen LogP contribution is 2.33. The molecule has 6 nitrogen and oxygen atoms in total. The summed E-state index contributed by atoms with van der Waals surface area (Å²) in [4.78, 5) is 25.4. The molecule has 1 aromatic heterocycles. The minimum Gasteiger partial charge on any atom is -0.494 e. The number of ether oxygens (including phenoxy) is 1. The first-order chi connectivity index (χ1) is 15.1. The number of hydrogen-bond donors (Lipinski definition) is 1. The van der Waals surface area contributed by atoms with E-state index in [1.165, 1.54) is 6.92 Å². The van der Waals surface area contributed by atoms with Crippen LogP contribution in [0, 0.1) is 47.3 Å². The maximum Gasteiger partial charge on any atom is 0.271 e. The Labute approximate surface area is 178 Å². The summed E-state index contributed by atoms with van der Waals surface area (Å²) in [5.74, 6) is -14.9. The number of pyridine rings is 1. The molecular weight excluding hydrogens is 439 g/mol. The number of carbonyl (C=O) groups is 1. The van der Waals surface area contributed by atoms with Crippen molar-refractivity contribution in [3.8, 4) is 17.7 Å². The fourth-order valence-electron chi connectivity index (χ4n) is 3.86. The van der Waals surface area contributed by atoms with E-state index in [2.05, 4.69) is 4.74 Å². The second-order valence-corrected chi connectivity index (χ2v) is 7.39. The summed E-state index contributed by atoms with van der Waals surface area (Å²) in [5.41, 5.74) is -1.89. The van der Waals surface area contributed by atoms with Crippen molar-refractivity contribution < 1.29 is 36.6 Å². The fourth-order valence-corrected chi connectivity index (χ4v) is 3.86. The first-order valence-electron chi connectivity index (χ1n) is 9.67. The second kappa shape index (κ2) is 8.98. The predicted octanol–water partition coefficient (Wildman–Crippen LogP) is 4.20. The zero-order valence-electron chi connectivity index (χ0n) is 16.8. The molecule has 32 heavy (non-hydrogen) atoms. The molecule has 1 aromatic carbocycles. The molecule has 1 N–H and O–H groups in total. The molecule has 11 heteroatoms. The molecule has 0 spiro atoms. The van der Waals surface area contributed by atoms with Gasteiger partial charge in [0.05, 0.1) is 5.56 Å². The van der Waals surface area contributed by atoms with Crippen LogP contribution >= 0.6 is 0 Å². The van der Waals surface area contributed by atoms with Crippen LogP contribution in [0.25, 0.3) is 0 Å². The number of ketones is 1. The van der Waals surface area contributed by atoms with Crippen molar-refractivity contribution in [2.75, 3.05) is 6.61 Å². The van der Waals surface area contributed by atoms with E-state index in [4.69, 9.17) is 0 Å². The Morgan fingerprint density at radius 1 is 1.06 bits per heavy atom. The van der Waals surface area contributed by atoms with Gasteiger partial charge in [-0.15, -0.1) is 0 Å². The van der Waals surface area contributed by atoms with Crippen LogP contribution in [-0.4, -0.2) is 22.1 Å². The van der Waals surface area contributed by atoms with Gasteiger partial charge in [-0.1, -0.05) is 19.3 Å². The molecule has 1 heterocycles. The summed E-state index contributed by atoms with van der Waals surface area (Å²) in [6, 6.07) is 1.21. The lowest BCUT2D eigenvalue weighted by atomic mass is 9.93. The van der Waals surface area contributed by atoms with Gasteiger partial charge in [0.1, 0.15) is 11.6 Å². The van der Waals surface area contributed by atoms with E-state index in [1.807, 2.05) is 0 Å². The first kappa shape index (κ1) is 23.2. The normalized spacial score (nSPS) is 14.3. The number of benzene rings is 1. The van der Waals surface area contributed by atoms with Crippen LogP contribution in [0.15, 0.2) is 4.79 Å². The Bertz CT molecular complexity index is 1170. The van der Waals surface area contributed by atoms with Gasteiger partial charge >= 0.3 is 0 Å². The van der Waals surface area contributed by atoms with E-state index in [0.29, 0.717) is 12.8 Å².